The molecule has 5 nitrogen and oxygen atoms in total. The number of hydrogen-bond acceptors (Lipinski definition) is 4. The maximum atomic E-state index is 12.0. The lowest BCUT2D eigenvalue weighted by molar-refractivity contribution is 0.354. The summed E-state index contributed by atoms with van der Waals surface area (Å²) < 4.78 is 23.3. The Balaban J connectivity index is 0.00000400. The Morgan fingerprint density at radius 1 is 1.52 bits per heavy atom. The number of aliphatic imine (C=N–C) groups is 1. The van der Waals surface area contributed by atoms with Crippen LogP contribution in [0.3, 0.4) is 0 Å². The normalized spacial score (nSPS) is 20.5. The lowest BCUT2D eigenvalue weighted by Crippen LogP contribution is -2.57. The molecule has 1 N–H and O–H groups in total. The molecule has 0 aliphatic carbocycles. The molecule has 1 aliphatic rings. The molecule has 0 aromatic carbocycles. The van der Waals surface area contributed by atoms with E-state index in [1.165, 1.54) is 0 Å². The highest BCUT2D eigenvalue weighted by atomic mass is 127. The van der Waals surface area contributed by atoms with Crippen LogP contribution in [0.4, 0.5) is 0 Å². The summed E-state index contributed by atoms with van der Waals surface area (Å²) in [5.74, 6) is 2.88. The van der Waals surface area contributed by atoms with Gasteiger partial charge in [-0.25, -0.2) is 8.42 Å². The number of hydrogen-bond donors (Lipinski definition) is 1. The first-order valence-electron chi connectivity index (χ1n) is 6.70. The van der Waals surface area contributed by atoms with Gasteiger partial charge in [0, 0.05) is 38.2 Å². The SMILES string of the molecule is C=CCSCCNC(=NC)N1CCS(=O)(=O)C(C)(C)C1.I. The number of sulfone groups is 1. The zero-order valence-corrected chi connectivity index (χ0v) is 16.9. The fourth-order valence-corrected chi connectivity index (χ4v) is 4.00. The third kappa shape index (κ3) is 5.97. The molecule has 0 amide bonds. The monoisotopic (exact) mass is 447 g/mol. The third-order valence-corrected chi connectivity index (χ3v) is 6.82. The van der Waals surface area contributed by atoms with Crippen molar-refractivity contribution in [2.45, 2.75) is 18.6 Å². The fraction of sp³-hybridized carbons (Fsp3) is 0.769. The van der Waals surface area contributed by atoms with Gasteiger partial charge >= 0.3 is 0 Å². The molecular formula is C13H26IN3O2S2. The topological polar surface area (TPSA) is 61.8 Å². The van der Waals surface area contributed by atoms with Crippen molar-refractivity contribution in [3.63, 3.8) is 0 Å². The van der Waals surface area contributed by atoms with Crippen LogP contribution in [-0.2, 0) is 9.84 Å². The van der Waals surface area contributed by atoms with E-state index < -0.39 is 14.6 Å². The van der Waals surface area contributed by atoms with Crippen LogP contribution in [0.2, 0.25) is 0 Å². The van der Waals surface area contributed by atoms with Crippen LogP contribution < -0.4 is 5.32 Å². The van der Waals surface area contributed by atoms with Gasteiger partial charge in [0.25, 0.3) is 0 Å². The Labute approximate surface area is 150 Å². The third-order valence-electron chi connectivity index (χ3n) is 3.32. The van der Waals surface area contributed by atoms with E-state index in [-0.39, 0.29) is 29.7 Å². The van der Waals surface area contributed by atoms with E-state index in [2.05, 4.69) is 16.9 Å². The van der Waals surface area contributed by atoms with Crippen molar-refractivity contribution in [3.05, 3.63) is 12.7 Å². The average molecular weight is 447 g/mol. The lowest BCUT2D eigenvalue weighted by Gasteiger charge is -2.39. The van der Waals surface area contributed by atoms with Gasteiger partial charge in [-0.05, 0) is 13.8 Å². The van der Waals surface area contributed by atoms with E-state index in [4.69, 9.17) is 0 Å². The van der Waals surface area contributed by atoms with E-state index in [9.17, 15) is 8.42 Å². The van der Waals surface area contributed by atoms with Crippen molar-refractivity contribution in [1.29, 1.82) is 0 Å². The average Bonchev–Trinajstić information content (AvgIpc) is 2.37. The van der Waals surface area contributed by atoms with Crippen molar-refractivity contribution in [2.24, 2.45) is 4.99 Å². The minimum Gasteiger partial charge on any atom is -0.355 e. The second-order valence-corrected chi connectivity index (χ2v) is 9.23. The summed E-state index contributed by atoms with van der Waals surface area (Å²) in [6.45, 7) is 9.04. The standard InChI is InChI=1S/C13H25N3O2S2.HI/c1-5-8-19-9-6-15-12(14-4)16-7-10-20(17,18)13(2,3)11-16;/h5H,1,6-11H2,2-4H3,(H,14,15);1H. The summed E-state index contributed by atoms with van der Waals surface area (Å²) in [5, 5.41) is 3.29. The maximum Gasteiger partial charge on any atom is 0.193 e. The summed E-state index contributed by atoms with van der Waals surface area (Å²) in [7, 11) is -1.28. The van der Waals surface area contributed by atoms with Crippen LogP contribution in [0.25, 0.3) is 0 Å². The number of rotatable bonds is 5. The van der Waals surface area contributed by atoms with Gasteiger partial charge in [0.2, 0.25) is 0 Å². The number of nitrogens with one attached hydrogen (secondary N) is 1. The molecule has 0 aromatic heterocycles. The minimum absolute atomic E-state index is 0. The first-order chi connectivity index (χ1) is 9.34. The first kappa shape index (κ1) is 21.0. The summed E-state index contributed by atoms with van der Waals surface area (Å²) >= 11 is 1.80. The van der Waals surface area contributed by atoms with Crippen molar-refractivity contribution in [2.75, 3.05) is 43.9 Å². The summed E-state index contributed by atoms with van der Waals surface area (Å²) in [5.41, 5.74) is 0. The van der Waals surface area contributed by atoms with Gasteiger partial charge in [0.05, 0.1) is 10.5 Å². The van der Waals surface area contributed by atoms with E-state index in [0.29, 0.717) is 13.1 Å². The van der Waals surface area contributed by atoms with Crippen LogP contribution in [0.1, 0.15) is 13.8 Å². The zero-order valence-electron chi connectivity index (χ0n) is 13.0. The van der Waals surface area contributed by atoms with Gasteiger partial charge in [-0.15, -0.1) is 30.6 Å². The van der Waals surface area contributed by atoms with Crippen LogP contribution in [0, 0.1) is 0 Å². The van der Waals surface area contributed by atoms with Crippen molar-refractivity contribution < 1.29 is 8.42 Å². The molecule has 1 heterocycles. The summed E-state index contributed by atoms with van der Waals surface area (Å²) in [6.07, 6.45) is 1.89. The second kappa shape index (κ2) is 9.24. The Morgan fingerprint density at radius 3 is 2.71 bits per heavy atom. The van der Waals surface area contributed by atoms with Crippen molar-refractivity contribution >= 4 is 51.5 Å². The predicted octanol–water partition coefficient (Wildman–Crippen LogP) is 1.61. The van der Waals surface area contributed by atoms with Crippen LogP contribution in [-0.4, -0.2) is 68.0 Å². The smallest absolute Gasteiger partial charge is 0.193 e. The highest BCUT2D eigenvalue weighted by molar-refractivity contribution is 14.0. The van der Waals surface area contributed by atoms with Crippen molar-refractivity contribution in [3.8, 4) is 0 Å². The largest absolute Gasteiger partial charge is 0.355 e. The predicted molar refractivity (Wildman–Crippen MR) is 104 cm³/mol. The molecule has 0 spiro atoms. The van der Waals surface area contributed by atoms with Crippen LogP contribution >= 0.6 is 35.7 Å². The van der Waals surface area contributed by atoms with Crippen LogP contribution in [0.5, 0.6) is 0 Å². The summed E-state index contributed by atoms with van der Waals surface area (Å²) in [4.78, 5) is 6.28. The van der Waals surface area contributed by atoms with Crippen molar-refractivity contribution in [1.82, 2.24) is 10.2 Å². The van der Waals surface area contributed by atoms with E-state index in [1.807, 2.05) is 11.0 Å². The van der Waals surface area contributed by atoms with Gasteiger partial charge in [0.1, 0.15) is 0 Å². The minimum atomic E-state index is -3.01. The molecule has 0 saturated carbocycles. The molecule has 0 radical (unpaired) electrons. The second-order valence-electron chi connectivity index (χ2n) is 5.34. The van der Waals surface area contributed by atoms with Gasteiger partial charge in [0.15, 0.2) is 15.8 Å². The van der Waals surface area contributed by atoms with E-state index in [1.54, 1.807) is 32.7 Å². The van der Waals surface area contributed by atoms with Gasteiger partial charge < -0.3 is 10.2 Å². The van der Waals surface area contributed by atoms with Crippen LogP contribution in [0.15, 0.2) is 17.6 Å². The zero-order chi connectivity index (χ0) is 15.2. The molecule has 0 bridgehead atoms. The molecule has 1 aliphatic heterocycles. The summed E-state index contributed by atoms with van der Waals surface area (Å²) in [6, 6.07) is 0. The van der Waals surface area contributed by atoms with Gasteiger partial charge in [-0.3, -0.25) is 4.99 Å². The molecule has 0 aromatic rings. The highest BCUT2D eigenvalue weighted by Gasteiger charge is 2.40. The number of halogens is 1. The molecule has 0 unspecified atom stereocenters. The highest BCUT2D eigenvalue weighted by Crippen LogP contribution is 2.23. The molecule has 0 atom stereocenters. The Morgan fingerprint density at radius 2 is 2.19 bits per heavy atom. The lowest BCUT2D eigenvalue weighted by atomic mass is 10.2. The van der Waals surface area contributed by atoms with E-state index in [0.717, 1.165) is 24.0 Å². The number of guanidine groups is 1. The van der Waals surface area contributed by atoms with Gasteiger partial charge in [-0.1, -0.05) is 6.08 Å². The van der Waals surface area contributed by atoms with E-state index >= 15 is 0 Å². The quantitative estimate of drug-likeness (QED) is 0.228. The Hall–Kier alpha value is 0.0400. The molecule has 21 heavy (non-hydrogen) atoms. The number of nitrogens with zero attached hydrogens (tertiary/aromatic N) is 2. The number of thioether (sulfide) groups is 1. The molecule has 1 fully saturated rings. The Bertz CT molecular complexity index is 464. The molecular weight excluding hydrogens is 421 g/mol. The maximum absolute atomic E-state index is 12.0. The van der Waals surface area contributed by atoms with Gasteiger partial charge in [-0.2, -0.15) is 11.8 Å². The molecule has 8 heteroatoms. The molecule has 1 rings (SSSR count). The first-order valence-corrected chi connectivity index (χ1v) is 9.51. The molecule has 124 valence electrons. The molecule has 1 saturated heterocycles. The Kier molecular flexibility index (Phi) is 9.26. The fourth-order valence-electron chi connectivity index (χ4n) is 2.06.